The van der Waals surface area contributed by atoms with Crippen LogP contribution >= 0.6 is 0 Å². The van der Waals surface area contributed by atoms with Gasteiger partial charge in [-0.05, 0) is 0 Å². The molecule has 0 amide bonds. The van der Waals surface area contributed by atoms with E-state index in [0.29, 0.717) is 0 Å². The molecule has 0 fully saturated rings. The van der Waals surface area contributed by atoms with E-state index in [4.69, 9.17) is 0 Å². The Kier molecular flexibility index (Phi) is 4.35. The maximum Gasteiger partial charge on any atom is -0.0623 e. The molecule has 0 aliphatic carbocycles. The molecule has 7 heavy (non-hydrogen) atoms. The van der Waals surface area contributed by atoms with Crippen molar-refractivity contribution in [3.8, 4) is 0 Å². The molecule has 0 radical (unpaired) electrons. The maximum atomic E-state index is 2.00. The minimum Gasteiger partial charge on any atom is -0.0623 e. The molecule has 1 rings (SSSR count). The normalized spacial score (nSPS) is 6.86. The van der Waals surface area contributed by atoms with Crippen LogP contribution in [0.25, 0.3) is 0 Å². The van der Waals surface area contributed by atoms with E-state index < -0.39 is 0 Å². The molecular formula is C6H8Po. The number of rotatable bonds is 0. The van der Waals surface area contributed by atoms with Gasteiger partial charge in [0.1, 0.15) is 0 Å². The summed E-state index contributed by atoms with van der Waals surface area (Å²) in [6, 6.07) is 12.0. The monoisotopic (exact) mass is 289 g/mol. The minimum atomic E-state index is 0. The Morgan fingerprint density at radius 1 is 0.429 bits per heavy atom. The molecule has 0 unspecified atom stereocenters. The second kappa shape index (κ2) is 4.28. The molecule has 0 nitrogen and oxygen atoms in total. The summed E-state index contributed by atoms with van der Waals surface area (Å²) >= 11 is 0. The van der Waals surface area contributed by atoms with Crippen LogP contribution in [-0.4, -0.2) is 26.6 Å². The van der Waals surface area contributed by atoms with Gasteiger partial charge in [-0.15, -0.1) is 0 Å². The Bertz CT molecular complexity index is 76.1. The van der Waals surface area contributed by atoms with Crippen molar-refractivity contribution in [1.82, 2.24) is 0 Å². The van der Waals surface area contributed by atoms with Crippen molar-refractivity contribution in [3.05, 3.63) is 36.4 Å². The van der Waals surface area contributed by atoms with Crippen molar-refractivity contribution in [2.24, 2.45) is 0 Å². The smallest absolute Gasteiger partial charge is 0.0623 e. The summed E-state index contributed by atoms with van der Waals surface area (Å²) < 4.78 is 0. The Balaban J connectivity index is 0.000000360. The number of benzene rings is 1. The molecular weight excluding hydrogens is 281 g/mol. The zero-order valence-electron chi connectivity index (χ0n) is 3.96. The zero-order valence-corrected chi connectivity index (χ0v) is 7.85. The summed E-state index contributed by atoms with van der Waals surface area (Å²) in [7, 11) is 0. The Hall–Kier alpha value is 0.116. The average Bonchev–Trinajstić information content (AvgIpc) is 1.72. The van der Waals surface area contributed by atoms with Crippen LogP contribution < -0.4 is 0 Å². The summed E-state index contributed by atoms with van der Waals surface area (Å²) in [4.78, 5) is 0. The van der Waals surface area contributed by atoms with E-state index in [-0.39, 0.29) is 26.6 Å². The van der Waals surface area contributed by atoms with Crippen molar-refractivity contribution < 1.29 is 0 Å². The summed E-state index contributed by atoms with van der Waals surface area (Å²) in [5, 5.41) is 0. The van der Waals surface area contributed by atoms with Crippen LogP contribution in [-0.2, 0) is 0 Å². The van der Waals surface area contributed by atoms with Crippen LogP contribution in [0.4, 0.5) is 0 Å². The third kappa shape index (κ3) is 2.77. The van der Waals surface area contributed by atoms with Gasteiger partial charge in [-0.1, -0.05) is 36.4 Å². The van der Waals surface area contributed by atoms with Gasteiger partial charge in [0.05, 0.1) is 0 Å². The topological polar surface area (TPSA) is 0 Å². The molecule has 0 aliphatic rings. The molecule has 0 aliphatic heterocycles. The van der Waals surface area contributed by atoms with Gasteiger partial charge >= 0.3 is 26.6 Å². The van der Waals surface area contributed by atoms with E-state index in [1.165, 1.54) is 0 Å². The first kappa shape index (κ1) is 7.12. The third-order valence-corrected chi connectivity index (χ3v) is 0.667. The van der Waals surface area contributed by atoms with E-state index in [1.54, 1.807) is 0 Å². The molecule has 0 spiro atoms. The Morgan fingerprint density at radius 2 is 0.571 bits per heavy atom. The van der Waals surface area contributed by atoms with E-state index in [0.717, 1.165) is 0 Å². The Morgan fingerprint density at radius 3 is 0.714 bits per heavy atom. The molecule has 0 bridgehead atoms. The summed E-state index contributed by atoms with van der Waals surface area (Å²) in [6.07, 6.45) is 0. The predicted molar refractivity (Wildman–Crippen MR) is 35.0 cm³/mol. The molecule has 1 aromatic carbocycles. The van der Waals surface area contributed by atoms with Crippen LogP contribution in [0.5, 0.6) is 0 Å². The van der Waals surface area contributed by atoms with Gasteiger partial charge in [0, 0.05) is 0 Å². The molecule has 38 valence electrons. The van der Waals surface area contributed by atoms with Crippen molar-refractivity contribution >= 4 is 26.6 Å². The fraction of sp³-hybridized carbons (Fsp3) is 0. The fourth-order valence-corrected chi connectivity index (χ4v) is 0.385. The number of hydrogen-bond acceptors (Lipinski definition) is 0. The van der Waals surface area contributed by atoms with E-state index in [9.17, 15) is 0 Å². The van der Waals surface area contributed by atoms with Crippen molar-refractivity contribution in [2.45, 2.75) is 0 Å². The van der Waals surface area contributed by atoms with Crippen molar-refractivity contribution in [1.29, 1.82) is 0 Å². The van der Waals surface area contributed by atoms with Crippen LogP contribution in [0.15, 0.2) is 36.4 Å². The molecule has 0 aromatic heterocycles. The van der Waals surface area contributed by atoms with Gasteiger partial charge in [-0.3, -0.25) is 0 Å². The zero-order chi connectivity index (χ0) is 4.24. The van der Waals surface area contributed by atoms with Crippen LogP contribution in [0, 0.1) is 0 Å². The van der Waals surface area contributed by atoms with E-state index in [2.05, 4.69) is 0 Å². The first-order valence-corrected chi connectivity index (χ1v) is 2.00. The van der Waals surface area contributed by atoms with Crippen LogP contribution in [0.1, 0.15) is 0 Å². The van der Waals surface area contributed by atoms with Crippen molar-refractivity contribution in [3.63, 3.8) is 0 Å². The summed E-state index contributed by atoms with van der Waals surface area (Å²) in [5.74, 6) is 0. The second-order valence-electron chi connectivity index (χ2n) is 1.15. The van der Waals surface area contributed by atoms with E-state index >= 15 is 0 Å². The van der Waals surface area contributed by atoms with Gasteiger partial charge in [-0.25, -0.2) is 0 Å². The van der Waals surface area contributed by atoms with Gasteiger partial charge in [0.15, 0.2) is 0 Å². The standard InChI is InChI=1S/C6H6.Po.2H/c1-2-4-6-5-3-1;;;/h1-6H;;;. The molecule has 0 saturated heterocycles. The van der Waals surface area contributed by atoms with Crippen molar-refractivity contribution in [2.75, 3.05) is 0 Å². The summed E-state index contributed by atoms with van der Waals surface area (Å²) in [6.45, 7) is 0. The van der Waals surface area contributed by atoms with Crippen LogP contribution in [0.3, 0.4) is 0 Å². The van der Waals surface area contributed by atoms with Crippen LogP contribution in [0.2, 0.25) is 0 Å². The molecule has 1 aromatic rings. The average molecular weight is 289 g/mol. The summed E-state index contributed by atoms with van der Waals surface area (Å²) in [5.41, 5.74) is 0. The van der Waals surface area contributed by atoms with Gasteiger partial charge in [-0.2, -0.15) is 0 Å². The van der Waals surface area contributed by atoms with Gasteiger partial charge in [0.25, 0.3) is 0 Å². The van der Waals surface area contributed by atoms with Gasteiger partial charge in [0.2, 0.25) is 0 Å². The quantitative estimate of drug-likeness (QED) is 0.662. The largest absolute Gasteiger partial charge is 0.0623 e. The Labute approximate surface area is 63.0 Å². The number of hydrogen-bond donors (Lipinski definition) is 0. The fourth-order valence-electron chi connectivity index (χ4n) is 0.385. The SMILES string of the molecule is [PoH2].c1ccccc1. The second-order valence-corrected chi connectivity index (χ2v) is 1.15. The predicted octanol–water partition coefficient (Wildman–Crippen LogP) is 0.770. The maximum absolute atomic E-state index is 2.00. The first-order chi connectivity index (χ1) is 3.00. The molecule has 1 heteroatoms. The molecule has 0 heterocycles. The minimum absolute atomic E-state index is 0. The van der Waals surface area contributed by atoms with E-state index in [1.807, 2.05) is 36.4 Å². The van der Waals surface area contributed by atoms with Gasteiger partial charge < -0.3 is 0 Å². The molecule has 0 N–H and O–H groups in total. The molecule has 0 saturated carbocycles. The molecule has 0 atom stereocenters. The third-order valence-electron chi connectivity index (χ3n) is 0.667. The first-order valence-electron chi connectivity index (χ1n) is 2.00.